The summed E-state index contributed by atoms with van der Waals surface area (Å²) < 4.78 is 33.1. The molecule has 1 fully saturated rings. The molecule has 0 unspecified atom stereocenters. The van der Waals surface area contributed by atoms with Gasteiger partial charge in [0.15, 0.2) is 5.76 Å². The van der Waals surface area contributed by atoms with Crippen molar-refractivity contribution in [2.45, 2.75) is 45.6 Å². The second-order valence-corrected chi connectivity index (χ2v) is 8.30. The summed E-state index contributed by atoms with van der Waals surface area (Å²) in [6.07, 6.45) is 4.51. The Hall–Kier alpha value is -1.38. The summed E-state index contributed by atoms with van der Waals surface area (Å²) in [5.74, 6) is 0.0863. The fraction of sp³-hybridized carbons (Fsp3) is 0.688. The van der Waals surface area contributed by atoms with Crippen molar-refractivity contribution >= 4 is 16.1 Å². The molecular formula is C16H27N3O4S. The molecule has 0 radical (unpaired) electrons. The van der Waals surface area contributed by atoms with E-state index in [4.69, 9.17) is 4.42 Å². The summed E-state index contributed by atoms with van der Waals surface area (Å²) in [5.41, 5.74) is 0.796. The van der Waals surface area contributed by atoms with Crippen LogP contribution in [0.25, 0.3) is 0 Å². The molecule has 1 saturated heterocycles. The van der Waals surface area contributed by atoms with Crippen molar-refractivity contribution in [2.75, 3.05) is 26.7 Å². The molecule has 1 N–H and O–H groups in total. The van der Waals surface area contributed by atoms with Crippen LogP contribution in [-0.2, 0) is 10.2 Å². The lowest BCUT2D eigenvalue weighted by molar-refractivity contribution is 0.0894. The molecule has 0 spiro atoms. The molecule has 2 rings (SSSR count). The van der Waals surface area contributed by atoms with Gasteiger partial charge in [-0.15, -0.1) is 0 Å². The van der Waals surface area contributed by atoms with E-state index in [0.717, 1.165) is 18.4 Å². The van der Waals surface area contributed by atoms with Crippen molar-refractivity contribution < 1.29 is 17.6 Å². The number of furan rings is 1. The van der Waals surface area contributed by atoms with Gasteiger partial charge in [0.05, 0.1) is 6.26 Å². The van der Waals surface area contributed by atoms with Gasteiger partial charge in [-0.1, -0.05) is 13.3 Å². The molecule has 0 atom stereocenters. The normalized spacial score (nSPS) is 17.3. The number of hydrogen-bond acceptors (Lipinski definition) is 4. The maximum atomic E-state index is 12.5. The van der Waals surface area contributed by atoms with Crippen molar-refractivity contribution in [2.24, 2.45) is 0 Å². The maximum Gasteiger partial charge on any atom is 0.287 e. The van der Waals surface area contributed by atoms with E-state index >= 15 is 0 Å². The van der Waals surface area contributed by atoms with Gasteiger partial charge in [-0.25, -0.2) is 0 Å². The van der Waals surface area contributed by atoms with Crippen LogP contribution in [0.5, 0.6) is 0 Å². The molecule has 7 nitrogen and oxygen atoms in total. The molecule has 1 amide bonds. The van der Waals surface area contributed by atoms with Crippen molar-refractivity contribution in [1.29, 1.82) is 0 Å². The van der Waals surface area contributed by atoms with E-state index in [1.54, 1.807) is 13.1 Å². The van der Waals surface area contributed by atoms with Crippen LogP contribution in [0.2, 0.25) is 0 Å². The molecule has 1 aliphatic rings. The molecule has 0 aliphatic carbocycles. The topological polar surface area (TPSA) is 82.9 Å². The fourth-order valence-corrected chi connectivity index (χ4v) is 4.21. The first-order chi connectivity index (χ1) is 11.4. The second-order valence-electron chi connectivity index (χ2n) is 6.26. The fourth-order valence-electron chi connectivity index (χ4n) is 2.78. The standard InChI is InChI=1S/C16H27N3O4S/c1-4-5-9-18(3)24(21,22)19-10-6-14(7-11-19)17-16(20)15-13(2)8-12-23-15/h8,12,14H,4-7,9-11H2,1-3H3,(H,17,20). The van der Waals surface area contributed by atoms with Crippen molar-refractivity contribution in [3.8, 4) is 0 Å². The number of carbonyl (C=O) groups excluding carboxylic acids is 1. The number of nitrogens with zero attached hydrogens (tertiary/aromatic N) is 2. The van der Waals surface area contributed by atoms with E-state index in [1.807, 2.05) is 13.8 Å². The maximum absolute atomic E-state index is 12.5. The summed E-state index contributed by atoms with van der Waals surface area (Å²) in [6.45, 7) is 5.23. The van der Waals surface area contributed by atoms with Gasteiger partial charge in [-0.3, -0.25) is 4.79 Å². The van der Waals surface area contributed by atoms with Crippen LogP contribution in [0.4, 0.5) is 0 Å². The highest BCUT2D eigenvalue weighted by Crippen LogP contribution is 2.18. The largest absolute Gasteiger partial charge is 0.459 e. The molecule has 1 aromatic rings. The van der Waals surface area contributed by atoms with E-state index in [9.17, 15) is 13.2 Å². The average molecular weight is 357 g/mol. The lowest BCUT2D eigenvalue weighted by Crippen LogP contribution is -2.50. The summed E-state index contributed by atoms with van der Waals surface area (Å²) in [6, 6.07) is 1.71. The number of amides is 1. The second kappa shape index (κ2) is 8.13. The zero-order chi connectivity index (χ0) is 17.7. The van der Waals surface area contributed by atoms with Gasteiger partial charge in [0, 0.05) is 38.3 Å². The minimum absolute atomic E-state index is 0.0330. The lowest BCUT2D eigenvalue weighted by atomic mass is 10.1. The first-order valence-corrected chi connectivity index (χ1v) is 9.82. The molecule has 0 bridgehead atoms. The van der Waals surface area contributed by atoms with E-state index in [1.165, 1.54) is 14.9 Å². The summed E-state index contributed by atoms with van der Waals surface area (Å²) in [7, 11) is -1.78. The molecule has 24 heavy (non-hydrogen) atoms. The molecule has 0 saturated carbocycles. The highest BCUT2D eigenvalue weighted by molar-refractivity contribution is 7.86. The Morgan fingerprint density at radius 1 is 1.42 bits per heavy atom. The third kappa shape index (κ3) is 4.37. The van der Waals surface area contributed by atoms with Gasteiger partial charge >= 0.3 is 0 Å². The van der Waals surface area contributed by atoms with E-state index in [0.29, 0.717) is 38.2 Å². The highest BCUT2D eigenvalue weighted by Gasteiger charge is 2.31. The monoisotopic (exact) mass is 357 g/mol. The Bertz CT molecular complexity index is 648. The number of nitrogens with one attached hydrogen (secondary N) is 1. The van der Waals surface area contributed by atoms with E-state index in [2.05, 4.69) is 5.32 Å². The van der Waals surface area contributed by atoms with Crippen LogP contribution in [0.3, 0.4) is 0 Å². The summed E-state index contributed by atoms with van der Waals surface area (Å²) in [5, 5.41) is 2.93. The van der Waals surface area contributed by atoms with Crippen LogP contribution >= 0.6 is 0 Å². The van der Waals surface area contributed by atoms with Crippen LogP contribution in [-0.4, -0.2) is 55.7 Å². The average Bonchev–Trinajstić information content (AvgIpc) is 2.99. The van der Waals surface area contributed by atoms with Gasteiger partial charge in [-0.05, 0) is 32.3 Å². The minimum Gasteiger partial charge on any atom is -0.459 e. The number of hydrogen-bond donors (Lipinski definition) is 1. The Balaban J connectivity index is 1.87. The third-order valence-electron chi connectivity index (χ3n) is 4.40. The van der Waals surface area contributed by atoms with Crippen LogP contribution in [0.15, 0.2) is 16.7 Å². The SMILES string of the molecule is CCCCN(C)S(=O)(=O)N1CCC(NC(=O)c2occc2C)CC1. The first-order valence-electron chi connectivity index (χ1n) is 8.42. The van der Waals surface area contributed by atoms with Gasteiger partial charge < -0.3 is 9.73 Å². The summed E-state index contributed by atoms with van der Waals surface area (Å²) in [4.78, 5) is 12.2. The third-order valence-corrected chi connectivity index (χ3v) is 6.39. The number of aryl methyl sites for hydroxylation is 1. The molecule has 2 heterocycles. The predicted molar refractivity (Wildman–Crippen MR) is 92.0 cm³/mol. The van der Waals surface area contributed by atoms with Gasteiger partial charge in [-0.2, -0.15) is 17.0 Å². The van der Waals surface area contributed by atoms with Crippen molar-refractivity contribution in [3.63, 3.8) is 0 Å². The van der Waals surface area contributed by atoms with Crippen LogP contribution in [0, 0.1) is 6.92 Å². The number of rotatable bonds is 7. The van der Waals surface area contributed by atoms with Gasteiger partial charge in [0.1, 0.15) is 0 Å². The molecule has 1 aliphatic heterocycles. The molecule has 1 aromatic heterocycles. The van der Waals surface area contributed by atoms with Crippen molar-refractivity contribution in [3.05, 3.63) is 23.7 Å². The first kappa shape index (κ1) is 19.0. The Morgan fingerprint density at radius 2 is 2.08 bits per heavy atom. The zero-order valence-electron chi connectivity index (χ0n) is 14.6. The number of carbonyl (C=O) groups is 1. The zero-order valence-corrected chi connectivity index (χ0v) is 15.4. The smallest absolute Gasteiger partial charge is 0.287 e. The Labute approximate surface area is 144 Å². The molecule has 136 valence electrons. The van der Waals surface area contributed by atoms with Gasteiger partial charge in [0.25, 0.3) is 16.1 Å². The van der Waals surface area contributed by atoms with Crippen molar-refractivity contribution in [1.82, 2.24) is 13.9 Å². The molecule has 0 aromatic carbocycles. The van der Waals surface area contributed by atoms with E-state index in [-0.39, 0.29) is 11.9 Å². The lowest BCUT2D eigenvalue weighted by Gasteiger charge is -2.33. The highest BCUT2D eigenvalue weighted by atomic mass is 32.2. The minimum atomic E-state index is -3.40. The summed E-state index contributed by atoms with van der Waals surface area (Å²) >= 11 is 0. The van der Waals surface area contributed by atoms with Crippen LogP contribution in [0.1, 0.15) is 48.7 Å². The Kier molecular flexibility index (Phi) is 6.42. The Morgan fingerprint density at radius 3 is 2.62 bits per heavy atom. The predicted octanol–water partition coefficient (Wildman–Crippen LogP) is 1.76. The molecular weight excluding hydrogens is 330 g/mol. The van der Waals surface area contributed by atoms with E-state index < -0.39 is 10.2 Å². The number of unbranched alkanes of at least 4 members (excludes halogenated alkanes) is 1. The quantitative estimate of drug-likeness (QED) is 0.806. The van der Waals surface area contributed by atoms with Crippen LogP contribution < -0.4 is 5.32 Å². The molecule has 8 heteroatoms. The van der Waals surface area contributed by atoms with Gasteiger partial charge in [0.2, 0.25) is 0 Å². The number of piperidine rings is 1.